The minimum atomic E-state index is -0.938. The fraction of sp³-hybridized carbons (Fsp3) is 0.450. The third kappa shape index (κ3) is 3.79. The number of hydrogen-bond acceptors (Lipinski definition) is 6. The van der Waals surface area contributed by atoms with Gasteiger partial charge < -0.3 is 14.9 Å². The van der Waals surface area contributed by atoms with Crippen molar-refractivity contribution in [1.82, 2.24) is 0 Å². The first kappa shape index (κ1) is 19.7. The van der Waals surface area contributed by atoms with Gasteiger partial charge in [0.15, 0.2) is 5.78 Å². The summed E-state index contributed by atoms with van der Waals surface area (Å²) >= 11 is 0. The van der Waals surface area contributed by atoms with Crippen LogP contribution < -0.4 is 0 Å². The Balaban J connectivity index is 2.67. The second-order valence-corrected chi connectivity index (χ2v) is 7.10. The van der Waals surface area contributed by atoms with E-state index in [0.29, 0.717) is 17.8 Å². The van der Waals surface area contributed by atoms with Crippen molar-refractivity contribution >= 4 is 23.2 Å². The van der Waals surface area contributed by atoms with E-state index in [1.807, 2.05) is 20.8 Å². The molecule has 0 aliphatic heterocycles. The number of methoxy groups -OCH3 is 1. The van der Waals surface area contributed by atoms with Gasteiger partial charge in [-0.2, -0.15) is 0 Å². The van der Waals surface area contributed by atoms with Crippen molar-refractivity contribution in [2.75, 3.05) is 7.11 Å². The lowest BCUT2D eigenvalue weighted by Crippen LogP contribution is -2.41. The number of aliphatic hydroxyl groups is 1. The monoisotopic (exact) mass is 359 g/mol. The van der Waals surface area contributed by atoms with Crippen LogP contribution in [-0.2, 0) is 14.3 Å². The maximum atomic E-state index is 12.6. The molecule has 1 aliphatic carbocycles. The molecule has 0 fully saturated rings. The molecule has 1 aliphatic rings. The molecule has 0 spiro atoms. The quantitative estimate of drug-likeness (QED) is 0.778. The van der Waals surface area contributed by atoms with Gasteiger partial charge in [-0.1, -0.05) is 32.9 Å². The molecule has 2 N–H and O–H groups in total. The van der Waals surface area contributed by atoms with Crippen LogP contribution >= 0.6 is 0 Å². The van der Waals surface area contributed by atoms with Crippen molar-refractivity contribution in [3.8, 4) is 5.75 Å². The van der Waals surface area contributed by atoms with Crippen molar-refractivity contribution in [2.24, 2.45) is 16.3 Å². The molecule has 0 amide bonds. The topological polar surface area (TPSA) is 96.2 Å². The average Bonchev–Trinajstić information content (AvgIpc) is 2.55. The van der Waals surface area contributed by atoms with Gasteiger partial charge in [0.1, 0.15) is 23.1 Å². The minimum absolute atomic E-state index is 0.0188. The Morgan fingerprint density at radius 2 is 1.92 bits per heavy atom. The van der Waals surface area contributed by atoms with E-state index in [1.165, 1.54) is 13.2 Å². The number of carbonyl (C=O) groups excluding carboxylic acids is 2. The van der Waals surface area contributed by atoms with E-state index in [4.69, 9.17) is 4.74 Å². The molecule has 0 heterocycles. The van der Waals surface area contributed by atoms with Crippen molar-refractivity contribution < 1.29 is 24.5 Å². The molecule has 1 aromatic carbocycles. The Bertz CT molecular complexity index is 776. The lowest BCUT2D eigenvalue weighted by atomic mass is 9.67. The number of rotatable bonds is 5. The number of aliphatic hydroxyl groups excluding tert-OH is 1. The summed E-state index contributed by atoms with van der Waals surface area (Å²) in [5.74, 6) is -2.12. The summed E-state index contributed by atoms with van der Waals surface area (Å²) in [7, 11) is 1.25. The van der Waals surface area contributed by atoms with Gasteiger partial charge in [-0.3, -0.25) is 9.59 Å². The van der Waals surface area contributed by atoms with Gasteiger partial charge in [-0.25, -0.2) is 4.99 Å². The van der Waals surface area contributed by atoms with Crippen LogP contribution in [0.5, 0.6) is 5.75 Å². The van der Waals surface area contributed by atoms with E-state index in [0.717, 1.165) is 0 Å². The number of ketones is 1. The molecule has 2 rings (SSSR count). The zero-order valence-corrected chi connectivity index (χ0v) is 15.6. The second kappa shape index (κ2) is 7.72. The Morgan fingerprint density at radius 1 is 1.27 bits per heavy atom. The average molecular weight is 359 g/mol. The zero-order chi connectivity index (χ0) is 19.5. The molecule has 1 atom stereocenters. The standard InChI is InChI=1S/C20H25NO5/c1-5-8-15(23)16-13(21-12-9-6-7-10-14(12)22)11-20(2,3)17(18(16)24)19(25)26-4/h6-7,9-10,17,22,24H,5,8,11H2,1-4H3. The predicted octanol–water partition coefficient (Wildman–Crippen LogP) is 3.87. The third-order valence-corrected chi connectivity index (χ3v) is 4.55. The van der Waals surface area contributed by atoms with Crippen molar-refractivity contribution in [3.63, 3.8) is 0 Å². The maximum Gasteiger partial charge on any atom is 0.316 e. The number of hydrogen-bond donors (Lipinski definition) is 2. The molecule has 1 unspecified atom stereocenters. The molecule has 6 heteroatoms. The molecular weight excluding hydrogens is 334 g/mol. The molecule has 0 bridgehead atoms. The number of ether oxygens (including phenoxy) is 1. The number of nitrogens with zero attached hydrogens (tertiary/aromatic N) is 1. The Labute approximate surface area is 153 Å². The highest BCUT2D eigenvalue weighted by atomic mass is 16.5. The molecule has 0 radical (unpaired) electrons. The number of phenols is 1. The number of phenolic OH excluding ortho intramolecular Hbond substituents is 1. The van der Waals surface area contributed by atoms with Crippen molar-refractivity contribution in [1.29, 1.82) is 0 Å². The first-order valence-electron chi connectivity index (χ1n) is 8.63. The van der Waals surface area contributed by atoms with Gasteiger partial charge in [0.05, 0.1) is 18.4 Å². The SMILES string of the molecule is CCCC(=O)C1=C(O)C(C(=O)OC)C(C)(C)CC1=Nc1ccccc1O. The lowest BCUT2D eigenvalue weighted by Gasteiger charge is -2.37. The normalized spacial score (nSPS) is 20.9. The molecule has 140 valence electrons. The van der Waals surface area contributed by atoms with Crippen LogP contribution in [0.25, 0.3) is 0 Å². The maximum absolute atomic E-state index is 12.6. The molecule has 1 aromatic rings. The molecule has 0 saturated carbocycles. The summed E-state index contributed by atoms with van der Waals surface area (Å²) in [4.78, 5) is 29.3. The van der Waals surface area contributed by atoms with E-state index in [9.17, 15) is 19.8 Å². The fourth-order valence-electron chi connectivity index (χ4n) is 3.29. The number of Topliss-reactive ketones (excluding diaryl/α,β-unsaturated/α-hetero) is 1. The van der Waals surface area contributed by atoms with Crippen molar-refractivity contribution in [3.05, 3.63) is 35.6 Å². The minimum Gasteiger partial charge on any atom is -0.511 e. The van der Waals surface area contributed by atoms with E-state index in [1.54, 1.807) is 18.2 Å². The highest BCUT2D eigenvalue weighted by Gasteiger charge is 2.47. The Hall–Kier alpha value is -2.63. The van der Waals surface area contributed by atoms with Gasteiger partial charge in [-0.15, -0.1) is 0 Å². The summed E-state index contributed by atoms with van der Waals surface area (Å²) < 4.78 is 4.83. The van der Waals surface area contributed by atoms with Crippen LogP contribution in [0.2, 0.25) is 0 Å². The highest BCUT2D eigenvalue weighted by molar-refractivity contribution is 6.24. The fourth-order valence-corrected chi connectivity index (χ4v) is 3.29. The Kier molecular flexibility index (Phi) is 5.85. The van der Waals surface area contributed by atoms with Crippen LogP contribution in [-0.4, -0.2) is 34.8 Å². The summed E-state index contributed by atoms with van der Waals surface area (Å²) in [6.45, 7) is 5.48. The zero-order valence-electron chi connectivity index (χ0n) is 15.6. The molecule has 0 aromatic heterocycles. The van der Waals surface area contributed by atoms with Crippen LogP contribution in [0.15, 0.2) is 40.6 Å². The predicted molar refractivity (Wildman–Crippen MR) is 98.7 cm³/mol. The van der Waals surface area contributed by atoms with Gasteiger partial charge in [-0.05, 0) is 30.4 Å². The van der Waals surface area contributed by atoms with Crippen LogP contribution in [0.4, 0.5) is 5.69 Å². The van der Waals surface area contributed by atoms with E-state index >= 15 is 0 Å². The number of esters is 1. The number of aromatic hydroxyl groups is 1. The van der Waals surface area contributed by atoms with E-state index in [-0.39, 0.29) is 35.7 Å². The molecule has 26 heavy (non-hydrogen) atoms. The molecule has 0 saturated heterocycles. The van der Waals surface area contributed by atoms with Gasteiger partial charge in [0, 0.05) is 6.42 Å². The van der Waals surface area contributed by atoms with E-state index < -0.39 is 17.3 Å². The number of para-hydroxylation sites is 2. The largest absolute Gasteiger partial charge is 0.511 e. The van der Waals surface area contributed by atoms with E-state index in [2.05, 4.69) is 4.99 Å². The van der Waals surface area contributed by atoms with Gasteiger partial charge in [0.25, 0.3) is 0 Å². The van der Waals surface area contributed by atoms with Gasteiger partial charge >= 0.3 is 5.97 Å². The van der Waals surface area contributed by atoms with Crippen LogP contribution in [0.3, 0.4) is 0 Å². The van der Waals surface area contributed by atoms with Gasteiger partial charge in [0.2, 0.25) is 0 Å². The summed E-state index contributed by atoms with van der Waals surface area (Å²) in [5, 5.41) is 20.8. The smallest absolute Gasteiger partial charge is 0.316 e. The summed E-state index contributed by atoms with van der Waals surface area (Å²) in [6.07, 6.45) is 1.12. The summed E-state index contributed by atoms with van der Waals surface area (Å²) in [5.41, 5.74) is 0.0398. The number of carbonyl (C=O) groups is 2. The number of aliphatic imine (C=N–C) groups is 1. The number of allylic oxidation sites excluding steroid dienone is 1. The first-order valence-corrected chi connectivity index (χ1v) is 8.63. The summed E-state index contributed by atoms with van der Waals surface area (Å²) in [6, 6.07) is 6.53. The van der Waals surface area contributed by atoms with Crippen LogP contribution in [0.1, 0.15) is 40.0 Å². The van der Waals surface area contributed by atoms with Crippen molar-refractivity contribution in [2.45, 2.75) is 40.0 Å². The Morgan fingerprint density at radius 3 is 2.50 bits per heavy atom. The number of benzene rings is 1. The molecular formula is C20H25NO5. The first-order chi connectivity index (χ1) is 12.2. The third-order valence-electron chi connectivity index (χ3n) is 4.55. The second-order valence-electron chi connectivity index (χ2n) is 7.10. The highest BCUT2D eigenvalue weighted by Crippen LogP contribution is 2.44. The van der Waals surface area contributed by atoms with Crippen LogP contribution in [0, 0.1) is 11.3 Å². The lowest BCUT2D eigenvalue weighted by molar-refractivity contribution is -0.149. The molecule has 6 nitrogen and oxygen atoms in total.